The molecule has 0 radical (unpaired) electrons. The molecule has 5 nitrogen and oxygen atoms in total. The van der Waals surface area contributed by atoms with Crippen LogP contribution in [0, 0.1) is 6.92 Å². The maximum absolute atomic E-state index is 13.3. The van der Waals surface area contributed by atoms with Crippen LogP contribution in [-0.4, -0.2) is 43.2 Å². The number of benzene rings is 2. The van der Waals surface area contributed by atoms with E-state index in [4.69, 9.17) is 0 Å². The van der Waals surface area contributed by atoms with Crippen molar-refractivity contribution < 1.29 is 25.5 Å². The fraction of sp³-hybridized carbons (Fsp3) is 0.250. The molecule has 9 heteroatoms. The van der Waals surface area contributed by atoms with Gasteiger partial charge >= 0.3 is 16.2 Å². The van der Waals surface area contributed by atoms with E-state index < -0.39 is 21.9 Å². The molecule has 154 valence electrons. The van der Waals surface area contributed by atoms with Gasteiger partial charge in [0.25, 0.3) is 0 Å². The van der Waals surface area contributed by atoms with E-state index in [-0.39, 0.29) is 14.5 Å². The predicted octanol–water partition coefficient (Wildman–Crippen LogP) is 4.26. The summed E-state index contributed by atoms with van der Waals surface area (Å²) in [7, 11) is 0.956. The van der Waals surface area contributed by atoms with E-state index in [0.717, 1.165) is 11.6 Å². The van der Waals surface area contributed by atoms with Crippen molar-refractivity contribution in [3.8, 4) is 16.9 Å². The number of quaternary nitrogens is 1. The van der Waals surface area contributed by atoms with Gasteiger partial charge in [-0.1, -0.05) is 29.8 Å². The van der Waals surface area contributed by atoms with E-state index in [2.05, 4.69) is 5.10 Å². The molecular weight excluding hydrogens is 403 g/mol. The summed E-state index contributed by atoms with van der Waals surface area (Å²) in [5, 5.41) is 3.73. The third kappa shape index (κ3) is 4.06. The number of sulfonamides is 1. The molecule has 0 amide bonds. The van der Waals surface area contributed by atoms with Crippen molar-refractivity contribution in [2.24, 2.45) is 0 Å². The average molecular weight is 424 g/mol. The zero-order valence-corrected chi connectivity index (χ0v) is 17.2. The van der Waals surface area contributed by atoms with E-state index in [0.29, 0.717) is 11.3 Å². The molecule has 0 fully saturated rings. The highest BCUT2D eigenvalue weighted by atomic mass is 32.2. The van der Waals surface area contributed by atoms with Gasteiger partial charge in [-0.3, -0.25) is 0 Å². The molecule has 0 aliphatic carbocycles. The molecular formula is C20H21F3N3O2S+. The average Bonchev–Trinajstić information content (AvgIpc) is 3.07. The summed E-state index contributed by atoms with van der Waals surface area (Å²) in [5.74, 6) is 0. The van der Waals surface area contributed by atoms with Gasteiger partial charge in [0.1, 0.15) is 4.90 Å². The Bertz CT molecular complexity index is 1130. The van der Waals surface area contributed by atoms with Gasteiger partial charge in [0.05, 0.1) is 32.5 Å². The lowest BCUT2D eigenvalue weighted by atomic mass is 10.1. The minimum atomic E-state index is -4.60. The number of nitrogens with zero attached hydrogens (tertiary/aromatic N) is 3. The van der Waals surface area contributed by atoms with Crippen molar-refractivity contribution in [1.29, 1.82) is 0 Å². The van der Waals surface area contributed by atoms with Gasteiger partial charge < -0.3 is 0 Å². The second-order valence-corrected chi connectivity index (χ2v) is 10.1. The molecule has 29 heavy (non-hydrogen) atoms. The Balaban J connectivity index is 2.13. The molecule has 0 saturated carbocycles. The quantitative estimate of drug-likeness (QED) is 0.588. The lowest BCUT2D eigenvalue weighted by Crippen LogP contribution is -2.40. The van der Waals surface area contributed by atoms with Crippen LogP contribution in [0.5, 0.6) is 0 Å². The Labute approximate surface area is 167 Å². The van der Waals surface area contributed by atoms with Crippen molar-refractivity contribution >= 4 is 10.0 Å². The van der Waals surface area contributed by atoms with Crippen LogP contribution in [0.3, 0.4) is 0 Å². The molecule has 2 aromatic carbocycles. The lowest BCUT2D eigenvalue weighted by Gasteiger charge is -2.22. The summed E-state index contributed by atoms with van der Waals surface area (Å²) in [6.07, 6.45) is -4.60. The van der Waals surface area contributed by atoms with E-state index in [9.17, 15) is 21.6 Å². The van der Waals surface area contributed by atoms with Crippen LogP contribution < -0.4 is 0 Å². The van der Waals surface area contributed by atoms with Crippen LogP contribution in [-0.2, 0) is 16.2 Å². The molecule has 0 N–H and O–H groups in total. The van der Waals surface area contributed by atoms with Gasteiger partial charge in [0.15, 0.2) is 5.69 Å². The first kappa shape index (κ1) is 21.1. The van der Waals surface area contributed by atoms with Crippen molar-refractivity contribution in [2.45, 2.75) is 18.0 Å². The Morgan fingerprint density at radius 2 is 1.48 bits per heavy atom. The summed E-state index contributed by atoms with van der Waals surface area (Å²) < 4.78 is 65.8. The maximum atomic E-state index is 13.3. The summed E-state index contributed by atoms with van der Waals surface area (Å²) in [4.78, 5) is 0.0776. The van der Waals surface area contributed by atoms with Crippen LogP contribution in [0.15, 0.2) is 59.5 Å². The molecule has 0 unspecified atom stereocenters. The molecule has 3 aromatic rings. The second-order valence-electron chi connectivity index (χ2n) is 7.55. The number of hydrogen-bond donors (Lipinski definition) is 0. The zero-order chi connectivity index (χ0) is 21.6. The fourth-order valence-corrected chi connectivity index (χ4v) is 3.83. The van der Waals surface area contributed by atoms with Gasteiger partial charge in [-0.25, -0.2) is 8.57 Å². The number of aryl methyl sites for hydroxylation is 1. The highest BCUT2D eigenvalue weighted by molar-refractivity contribution is 7.85. The first-order chi connectivity index (χ1) is 13.3. The number of rotatable bonds is 4. The van der Waals surface area contributed by atoms with Crippen molar-refractivity contribution in [1.82, 2.24) is 9.78 Å². The van der Waals surface area contributed by atoms with Crippen LogP contribution >= 0.6 is 0 Å². The predicted molar refractivity (Wildman–Crippen MR) is 104 cm³/mol. The third-order valence-corrected chi connectivity index (χ3v) is 6.76. The van der Waals surface area contributed by atoms with E-state index >= 15 is 0 Å². The summed E-state index contributed by atoms with van der Waals surface area (Å²) in [5.41, 5.74) is 1.12. The number of aromatic nitrogens is 2. The highest BCUT2D eigenvalue weighted by Gasteiger charge is 2.35. The van der Waals surface area contributed by atoms with Gasteiger partial charge in [-0.15, -0.1) is 0 Å². The highest BCUT2D eigenvalue weighted by Crippen LogP contribution is 2.33. The van der Waals surface area contributed by atoms with Gasteiger partial charge in [-0.2, -0.15) is 26.7 Å². The number of hydrogen-bond acceptors (Lipinski definition) is 3. The second kappa shape index (κ2) is 7.00. The Morgan fingerprint density at radius 1 is 0.931 bits per heavy atom. The molecule has 1 aromatic heterocycles. The summed E-state index contributed by atoms with van der Waals surface area (Å²) >= 11 is 0. The fourth-order valence-electron chi connectivity index (χ4n) is 2.72. The lowest BCUT2D eigenvalue weighted by molar-refractivity contribution is -0.739. The molecule has 0 aliphatic rings. The van der Waals surface area contributed by atoms with E-state index in [1.54, 1.807) is 24.3 Å². The number of alkyl halides is 3. The molecule has 0 saturated heterocycles. The van der Waals surface area contributed by atoms with Gasteiger partial charge in [0, 0.05) is 5.56 Å². The zero-order valence-electron chi connectivity index (χ0n) is 16.4. The van der Waals surface area contributed by atoms with Crippen LogP contribution in [0.2, 0.25) is 0 Å². The van der Waals surface area contributed by atoms with Crippen molar-refractivity contribution in [2.75, 3.05) is 21.1 Å². The molecule has 0 bridgehead atoms. The SMILES string of the molecule is Cc1ccc(-c2cc(C(F)(F)F)nn2-c2ccc(S(=O)(=O)[N+](C)(C)C)cc2)cc1. The minimum absolute atomic E-state index is 0.0776. The summed E-state index contributed by atoms with van der Waals surface area (Å²) in [6.45, 7) is 1.88. The molecule has 0 spiro atoms. The first-order valence-electron chi connectivity index (χ1n) is 8.72. The van der Waals surface area contributed by atoms with E-state index in [1.807, 2.05) is 6.92 Å². The minimum Gasteiger partial charge on any atom is -0.233 e. The normalized spacial score (nSPS) is 12.9. The monoisotopic (exact) mass is 424 g/mol. The molecule has 3 rings (SSSR count). The third-order valence-electron chi connectivity index (χ3n) is 4.45. The Kier molecular flexibility index (Phi) is 5.08. The van der Waals surface area contributed by atoms with Crippen molar-refractivity contribution in [3.63, 3.8) is 0 Å². The Hall–Kier alpha value is -2.65. The summed E-state index contributed by atoms with van der Waals surface area (Å²) in [6, 6.07) is 13.7. The molecule has 1 heterocycles. The standard InChI is InChI=1S/C20H21F3N3O2S/c1-14-5-7-15(8-6-14)18-13-19(20(21,22)23)24-25(18)16-9-11-17(12-10-16)29(27,28)26(2,3)4/h5-13H,1-4H3/q+1. The van der Waals surface area contributed by atoms with Gasteiger partial charge in [0.2, 0.25) is 0 Å². The van der Waals surface area contributed by atoms with Crippen LogP contribution in [0.1, 0.15) is 11.3 Å². The van der Waals surface area contributed by atoms with Gasteiger partial charge in [-0.05, 0) is 37.3 Å². The maximum Gasteiger partial charge on any atom is 0.435 e. The number of halogens is 3. The molecule has 0 aliphatic heterocycles. The topological polar surface area (TPSA) is 52.0 Å². The van der Waals surface area contributed by atoms with Crippen molar-refractivity contribution in [3.05, 3.63) is 65.9 Å². The molecule has 0 atom stereocenters. The Morgan fingerprint density at radius 3 is 1.97 bits per heavy atom. The van der Waals surface area contributed by atoms with Crippen LogP contribution in [0.25, 0.3) is 16.9 Å². The van der Waals surface area contributed by atoms with Crippen LogP contribution in [0.4, 0.5) is 13.2 Å². The largest absolute Gasteiger partial charge is 0.435 e. The first-order valence-corrected chi connectivity index (χ1v) is 10.2. The smallest absolute Gasteiger partial charge is 0.233 e. The van der Waals surface area contributed by atoms with E-state index in [1.165, 1.54) is 50.1 Å².